The van der Waals surface area contributed by atoms with E-state index in [4.69, 9.17) is 10.4 Å². The van der Waals surface area contributed by atoms with Crippen LogP contribution in [-0.2, 0) is 4.79 Å². The Morgan fingerprint density at radius 3 is 2.79 bits per heavy atom. The molecule has 4 nitrogen and oxygen atoms in total. The lowest BCUT2D eigenvalue weighted by Gasteiger charge is -2.21. The number of rotatable bonds is 6. The first kappa shape index (κ1) is 13.3. The molecular formula is C9H16N2O2S. The summed E-state index contributed by atoms with van der Waals surface area (Å²) in [5.74, 6) is 0.540. The van der Waals surface area contributed by atoms with Gasteiger partial charge in [-0.1, -0.05) is 13.8 Å². The van der Waals surface area contributed by atoms with Crippen molar-refractivity contribution in [2.24, 2.45) is 5.41 Å². The van der Waals surface area contributed by atoms with Crippen LogP contribution < -0.4 is 5.32 Å². The summed E-state index contributed by atoms with van der Waals surface area (Å²) in [6.45, 7) is 4.24. The maximum Gasteiger partial charge on any atom is 0.230 e. The molecule has 0 aromatic rings. The van der Waals surface area contributed by atoms with Gasteiger partial charge in [-0.2, -0.15) is 5.26 Å². The highest BCUT2D eigenvalue weighted by Crippen LogP contribution is 2.11. The first-order valence-electron chi connectivity index (χ1n) is 4.34. The third-order valence-corrected chi connectivity index (χ3v) is 2.39. The first-order valence-corrected chi connectivity index (χ1v) is 5.49. The molecule has 0 spiro atoms. The average Bonchev–Trinajstić information content (AvgIpc) is 2.16. The number of carbonyl (C=O) groups is 1. The van der Waals surface area contributed by atoms with Crippen molar-refractivity contribution in [1.29, 1.82) is 5.26 Å². The molecule has 2 N–H and O–H groups in total. The molecule has 14 heavy (non-hydrogen) atoms. The fourth-order valence-corrected chi connectivity index (χ4v) is 1.11. The van der Waals surface area contributed by atoms with Crippen molar-refractivity contribution in [3.05, 3.63) is 0 Å². The van der Waals surface area contributed by atoms with Crippen LogP contribution in [0.2, 0.25) is 0 Å². The van der Waals surface area contributed by atoms with Crippen LogP contribution in [0.4, 0.5) is 0 Å². The Balaban J connectivity index is 3.60. The molecule has 0 aromatic carbocycles. The Morgan fingerprint density at radius 2 is 2.29 bits per heavy atom. The molecule has 0 aromatic heterocycles. The Labute approximate surface area is 88.7 Å². The fraction of sp³-hybridized carbons (Fsp3) is 0.778. The zero-order valence-corrected chi connectivity index (χ0v) is 9.36. The molecule has 0 aliphatic heterocycles. The van der Waals surface area contributed by atoms with E-state index in [0.29, 0.717) is 18.1 Å². The van der Waals surface area contributed by atoms with Gasteiger partial charge in [0.2, 0.25) is 5.91 Å². The normalized spacial score (nSPS) is 10.7. The van der Waals surface area contributed by atoms with Crippen LogP contribution in [0, 0.1) is 16.7 Å². The van der Waals surface area contributed by atoms with Crippen LogP contribution in [0.15, 0.2) is 0 Å². The zero-order chi connectivity index (χ0) is 11.0. The number of nitrogens with one attached hydrogen (secondary N) is 1. The molecular weight excluding hydrogens is 200 g/mol. The van der Waals surface area contributed by atoms with Gasteiger partial charge >= 0.3 is 0 Å². The predicted molar refractivity (Wildman–Crippen MR) is 56.8 cm³/mol. The number of nitriles is 1. The summed E-state index contributed by atoms with van der Waals surface area (Å²) in [5.41, 5.74) is -0.282. The minimum Gasteiger partial charge on any atom is -0.396 e. The second-order valence-corrected chi connectivity index (χ2v) is 4.74. The van der Waals surface area contributed by atoms with E-state index >= 15 is 0 Å². The molecule has 0 heterocycles. The van der Waals surface area contributed by atoms with E-state index in [1.165, 1.54) is 11.8 Å². The Morgan fingerprint density at radius 1 is 1.64 bits per heavy atom. The standard InChI is InChI=1S/C9H16N2O2S/c1-9(2,7-12)6-11-8(13)5-14-4-3-10/h12H,4-7H2,1-2H3,(H,11,13). The lowest BCUT2D eigenvalue weighted by atomic mass is 9.95. The lowest BCUT2D eigenvalue weighted by Crippen LogP contribution is -2.36. The summed E-state index contributed by atoms with van der Waals surface area (Å²) in [4.78, 5) is 11.2. The maximum atomic E-state index is 11.2. The molecule has 0 radical (unpaired) electrons. The van der Waals surface area contributed by atoms with Crippen LogP contribution in [0.25, 0.3) is 0 Å². The van der Waals surface area contributed by atoms with E-state index in [1.54, 1.807) is 0 Å². The molecule has 0 saturated carbocycles. The molecule has 5 heteroatoms. The number of nitrogens with zero attached hydrogens (tertiary/aromatic N) is 1. The van der Waals surface area contributed by atoms with Crippen LogP contribution >= 0.6 is 11.8 Å². The Bertz CT molecular complexity index is 223. The number of aliphatic hydroxyl groups excluding tert-OH is 1. The van der Waals surface area contributed by atoms with E-state index in [2.05, 4.69) is 5.32 Å². The van der Waals surface area contributed by atoms with Gasteiger partial charge in [-0.25, -0.2) is 0 Å². The molecule has 0 unspecified atom stereocenters. The van der Waals surface area contributed by atoms with Crippen molar-refractivity contribution < 1.29 is 9.90 Å². The second kappa shape index (κ2) is 6.68. The highest BCUT2D eigenvalue weighted by atomic mass is 32.2. The van der Waals surface area contributed by atoms with Crippen molar-refractivity contribution in [3.8, 4) is 6.07 Å². The topological polar surface area (TPSA) is 73.1 Å². The summed E-state index contributed by atoms with van der Waals surface area (Å²) < 4.78 is 0. The first-order chi connectivity index (χ1) is 6.52. The number of thioether (sulfide) groups is 1. The quantitative estimate of drug-likeness (QED) is 0.629. The van der Waals surface area contributed by atoms with Crippen LogP contribution in [-0.4, -0.2) is 35.7 Å². The number of aliphatic hydroxyl groups is 1. The van der Waals surface area contributed by atoms with Gasteiger partial charge in [-0.15, -0.1) is 11.8 Å². The molecule has 0 fully saturated rings. The lowest BCUT2D eigenvalue weighted by molar-refractivity contribution is -0.119. The number of amides is 1. The molecule has 1 amide bonds. The van der Waals surface area contributed by atoms with E-state index in [1.807, 2.05) is 19.9 Å². The number of hydrogen-bond acceptors (Lipinski definition) is 4. The summed E-state index contributed by atoms with van der Waals surface area (Å²) in [6, 6.07) is 1.95. The minimum atomic E-state index is -0.282. The van der Waals surface area contributed by atoms with Gasteiger partial charge in [0.25, 0.3) is 0 Å². The molecule has 80 valence electrons. The number of carbonyl (C=O) groups excluding carboxylic acids is 1. The summed E-state index contributed by atoms with van der Waals surface area (Å²) >= 11 is 1.28. The molecule has 0 saturated heterocycles. The Kier molecular flexibility index (Phi) is 6.34. The van der Waals surface area contributed by atoms with Gasteiger partial charge in [-0.3, -0.25) is 4.79 Å². The minimum absolute atomic E-state index is 0.0403. The van der Waals surface area contributed by atoms with Gasteiger partial charge in [-0.05, 0) is 0 Å². The Hall–Kier alpha value is -0.730. The highest BCUT2D eigenvalue weighted by molar-refractivity contribution is 8.00. The van der Waals surface area contributed by atoms with E-state index in [0.717, 1.165) is 0 Å². The average molecular weight is 216 g/mol. The predicted octanol–water partition coefficient (Wildman–Crippen LogP) is 0.378. The smallest absolute Gasteiger partial charge is 0.230 e. The van der Waals surface area contributed by atoms with Crippen molar-refractivity contribution in [2.45, 2.75) is 13.8 Å². The third-order valence-electron chi connectivity index (χ3n) is 1.59. The highest BCUT2D eigenvalue weighted by Gasteiger charge is 2.17. The summed E-state index contributed by atoms with van der Waals surface area (Å²) in [6.07, 6.45) is 0. The van der Waals surface area contributed by atoms with Gasteiger partial charge in [0.15, 0.2) is 0 Å². The third kappa shape index (κ3) is 6.75. The zero-order valence-electron chi connectivity index (χ0n) is 8.54. The van der Waals surface area contributed by atoms with Crippen LogP contribution in [0.1, 0.15) is 13.8 Å². The number of hydrogen-bond donors (Lipinski definition) is 2. The largest absolute Gasteiger partial charge is 0.396 e. The molecule has 0 aliphatic rings. The SMILES string of the molecule is CC(C)(CO)CNC(=O)CSCC#N. The van der Waals surface area contributed by atoms with E-state index in [-0.39, 0.29) is 17.9 Å². The van der Waals surface area contributed by atoms with Crippen molar-refractivity contribution in [2.75, 3.05) is 24.7 Å². The molecule has 0 aliphatic carbocycles. The van der Waals surface area contributed by atoms with Gasteiger partial charge in [0.05, 0.1) is 17.6 Å². The maximum absolute atomic E-state index is 11.2. The van der Waals surface area contributed by atoms with E-state index < -0.39 is 0 Å². The van der Waals surface area contributed by atoms with Crippen molar-refractivity contribution in [3.63, 3.8) is 0 Å². The second-order valence-electron chi connectivity index (χ2n) is 3.75. The van der Waals surface area contributed by atoms with Gasteiger partial charge in [0.1, 0.15) is 0 Å². The summed E-state index contributed by atoms with van der Waals surface area (Å²) in [5, 5.41) is 19.9. The van der Waals surface area contributed by atoms with Gasteiger partial charge < -0.3 is 10.4 Å². The van der Waals surface area contributed by atoms with Crippen molar-refractivity contribution >= 4 is 17.7 Å². The summed E-state index contributed by atoms with van der Waals surface area (Å²) in [7, 11) is 0. The van der Waals surface area contributed by atoms with Gasteiger partial charge in [0, 0.05) is 18.6 Å². The fourth-order valence-electron chi connectivity index (χ4n) is 0.634. The molecule has 0 atom stereocenters. The molecule has 0 bridgehead atoms. The monoisotopic (exact) mass is 216 g/mol. The van der Waals surface area contributed by atoms with Crippen LogP contribution in [0.3, 0.4) is 0 Å². The van der Waals surface area contributed by atoms with Crippen LogP contribution in [0.5, 0.6) is 0 Å². The van der Waals surface area contributed by atoms with Crippen molar-refractivity contribution in [1.82, 2.24) is 5.32 Å². The molecule has 0 rings (SSSR count). The van der Waals surface area contributed by atoms with E-state index in [9.17, 15) is 4.79 Å².